The number of rotatable bonds is 6. The first-order chi connectivity index (χ1) is 15.2. The van der Waals surface area contributed by atoms with Gasteiger partial charge in [0.15, 0.2) is 0 Å². The van der Waals surface area contributed by atoms with Crippen molar-refractivity contribution < 1.29 is 9.53 Å². The molecule has 4 aromatic rings. The van der Waals surface area contributed by atoms with Crippen LogP contribution in [0, 0.1) is 5.92 Å². The number of carbonyl (C=O) groups is 1. The molecule has 1 aromatic heterocycles. The molecular formula is C27H24N2O2. The number of hydrogen-bond donors (Lipinski definition) is 1. The van der Waals surface area contributed by atoms with Gasteiger partial charge in [-0.3, -0.25) is 9.78 Å². The molecule has 154 valence electrons. The summed E-state index contributed by atoms with van der Waals surface area (Å²) in [5, 5.41) is 4.20. The Morgan fingerprint density at radius 1 is 1.03 bits per heavy atom. The predicted molar refractivity (Wildman–Crippen MR) is 123 cm³/mol. The maximum atomic E-state index is 12.7. The van der Waals surface area contributed by atoms with Crippen LogP contribution in [0.1, 0.15) is 23.5 Å². The summed E-state index contributed by atoms with van der Waals surface area (Å²) in [5.41, 5.74) is 5.36. The third kappa shape index (κ3) is 3.89. The van der Waals surface area contributed by atoms with E-state index in [-0.39, 0.29) is 11.8 Å². The van der Waals surface area contributed by atoms with Crippen molar-refractivity contribution in [3.8, 4) is 16.9 Å². The van der Waals surface area contributed by atoms with E-state index in [0.29, 0.717) is 12.5 Å². The molecule has 31 heavy (non-hydrogen) atoms. The normalized spacial score (nSPS) is 17.3. The minimum Gasteiger partial charge on any atom is -0.497 e. The lowest BCUT2D eigenvalue weighted by atomic mass is 9.97. The van der Waals surface area contributed by atoms with Crippen molar-refractivity contribution in [3.05, 3.63) is 96.2 Å². The van der Waals surface area contributed by atoms with Crippen molar-refractivity contribution in [2.75, 3.05) is 7.11 Å². The van der Waals surface area contributed by atoms with Gasteiger partial charge in [-0.15, -0.1) is 0 Å². The Hall–Kier alpha value is -3.66. The molecule has 1 amide bonds. The van der Waals surface area contributed by atoms with Crippen molar-refractivity contribution >= 4 is 16.8 Å². The Labute approximate surface area is 181 Å². The van der Waals surface area contributed by atoms with Gasteiger partial charge >= 0.3 is 0 Å². The lowest BCUT2D eigenvalue weighted by molar-refractivity contribution is -0.122. The summed E-state index contributed by atoms with van der Waals surface area (Å²) in [6.45, 7) is 0.475. The van der Waals surface area contributed by atoms with Crippen LogP contribution >= 0.6 is 0 Å². The molecule has 1 N–H and O–H groups in total. The third-order valence-corrected chi connectivity index (χ3v) is 6.04. The summed E-state index contributed by atoms with van der Waals surface area (Å²) in [7, 11) is 1.67. The first-order valence-corrected chi connectivity index (χ1v) is 10.6. The predicted octanol–water partition coefficient (Wildman–Crippen LogP) is 5.33. The van der Waals surface area contributed by atoms with Crippen LogP contribution in [0.5, 0.6) is 5.75 Å². The van der Waals surface area contributed by atoms with E-state index < -0.39 is 0 Å². The SMILES string of the molecule is COc1cccc(-c2ccc(CNC(=O)[C@@H]3C[C@H]3c3ccccc3)c3ncccc23)c1. The van der Waals surface area contributed by atoms with E-state index >= 15 is 0 Å². The smallest absolute Gasteiger partial charge is 0.224 e. The topological polar surface area (TPSA) is 51.2 Å². The molecule has 4 heteroatoms. The number of aromatic nitrogens is 1. The van der Waals surface area contributed by atoms with Gasteiger partial charge in [0.1, 0.15) is 5.75 Å². The van der Waals surface area contributed by atoms with Gasteiger partial charge in [0, 0.05) is 24.0 Å². The van der Waals surface area contributed by atoms with E-state index in [9.17, 15) is 4.79 Å². The van der Waals surface area contributed by atoms with E-state index in [0.717, 1.165) is 39.8 Å². The fourth-order valence-corrected chi connectivity index (χ4v) is 4.28. The number of methoxy groups -OCH3 is 1. The second kappa shape index (κ2) is 8.23. The van der Waals surface area contributed by atoms with Crippen molar-refractivity contribution in [2.45, 2.75) is 18.9 Å². The van der Waals surface area contributed by atoms with E-state index in [2.05, 4.69) is 46.7 Å². The zero-order valence-electron chi connectivity index (χ0n) is 17.4. The van der Waals surface area contributed by atoms with Crippen molar-refractivity contribution in [3.63, 3.8) is 0 Å². The molecule has 0 aliphatic heterocycles. The molecule has 0 radical (unpaired) electrons. The average Bonchev–Trinajstić information content (AvgIpc) is 3.64. The number of amides is 1. The van der Waals surface area contributed by atoms with E-state index in [4.69, 9.17) is 4.74 Å². The molecule has 2 atom stereocenters. The van der Waals surface area contributed by atoms with E-state index in [1.807, 2.05) is 42.5 Å². The zero-order chi connectivity index (χ0) is 21.2. The van der Waals surface area contributed by atoms with Crippen LogP contribution in [0.3, 0.4) is 0 Å². The van der Waals surface area contributed by atoms with E-state index in [1.165, 1.54) is 5.56 Å². The monoisotopic (exact) mass is 408 g/mol. The fraction of sp³-hybridized carbons (Fsp3) is 0.185. The molecule has 4 nitrogen and oxygen atoms in total. The molecule has 1 heterocycles. The summed E-state index contributed by atoms with van der Waals surface area (Å²) in [6.07, 6.45) is 2.72. The van der Waals surface area contributed by atoms with Gasteiger partial charge in [-0.05, 0) is 52.8 Å². The van der Waals surface area contributed by atoms with Crippen LogP contribution in [0.25, 0.3) is 22.0 Å². The lowest BCUT2D eigenvalue weighted by Gasteiger charge is -2.12. The van der Waals surface area contributed by atoms with Crippen molar-refractivity contribution in [1.82, 2.24) is 10.3 Å². The summed E-state index contributed by atoms with van der Waals surface area (Å²) in [6, 6.07) is 26.5. The second-order valence-electron chi connectivity index (χ2n) is 7.98. The number of nitrogens with one attached hydrogen (secondary N) is 1. The maximum Gasteiger partial charge on any atom is 0.224 e. The number of nitrogens with zero attached hydrogens (tertiary/aromatic N) is 1. The maximum absolute atomic E-state index is 12.7. The molecular weight excluding hydrogens is 384 g/mol. The Balaban J connectivity index is 1.36. The molecule has 0 spiro atoms. The number of pyridine rings is 1. The van der Waals surface area contributed by atoms with Gasteiger partial charge in [-0.2, -0.15) is 0 Å². The van der Waals surface area contributed by atoms with Gasteiger partial charge in [-0.1, -0.05) is 60.7 Å². The van der Waals surface area contributed by atoms with Gasteiger partial charge in [0.25, 0.3) is 0 Å². The first-order valence-electron chi connectivity index (χ1n) is 10.6. The largest absolute Gasteiger partial charge is 0.497 e. The molecule has 1 aliphatic rings. The average molecular weight is 409 g/mol. The Kier molecular flexibility index (Phi) is 5.13. The quantitative estimate of drug-likeness (QED) is 0.469. The van der Waals surface area contributed by atoms with Crippen LogP contribution in [0.4, 0.5) is 0 Å². The number of ether oxygens (including phenoxy) is 1. The van der Waals surface area contributed by atoms with Gasteiger partial charge in [0.2, 0.25) is 5.91 Å². The van der Waals surface area contributed by atoms with Gasteiger partial charge in [-0.25, -0.2) is 0 Å². The Morgan fingerprint density at radius 3 is 2.74 bits per heavy atom. The molecule has 0 bridgehead atoms. The molecule has 1 saturated carbocycles. The van der Waals surface area contributed by atoms with Gasteiger partial charge in [0.05, 0.1) is 12.6 Å². The minimum absolute atomic E-state index is 0.0673. The standard InChI is InChI=1S/C27H24N2O2/c1-31-21-10-5-9-19(15-21)22-13-12-20(26-23(22)11-6-14-28-26)17-29-27(30)25-16-24(25)18-7-3-2-4-8-18/h2-15,24-25H,16-17H2,1H3,(H,29,30)/t24-,25+/m0/s1. The molecule has 5 rings (SSSR count). The van der Waals surface area contributed by atoms with Crippen LogP contribution < -0.4 is 10.1 Å². The first kappa shape index (κ1) is 19.3. The lowest BCUT2D eigenvalue weighted by Crippen LogP contribution is -2.25. The van der Waals surface area contributed by atoms with Crippen LogP contribution in [-0.4, -0.2) is 18.0 Å². The number of hydrogen-bond acceptors (Lipinski definition) is 3. The Bertz CT molecular complexity index is 1240. The molecule has 3 aromatic carbocycles. The van der Waals surface area contributed by atoms with Gasteiger partial charge < -0.3 is 10.1 Å². The highest BCUT2D eigenvalue weighted by Crippen LogP contribution is 2.47. The Morgan fingerprint density at radius 2 is 1.90 bits per heavy atom. The molecule has 1 aliphatic carbocycles. The highest BCUT2D eigenvalue weighted by Gasteiger charge is 2.43. The number of benzene rings is 3. The van der Waals surface area contributed by atoms with Crippen molar-refractivity contribution in [2.24, 2.45) is 5.92 Å². The molecule has 0 saturated heterocycles. The molecule has 0 unspecified atom stereocenters. The number of carbonyl (C=O) groups excluding carboxylic acids is 1. The van der Waals surface area contributed by atoms with Crippen LogP contribution in [0.2, 0.25) is 0 Å². The summed E-state index contributed by atoms with van der Waals surface area (Å²) in [4.78, 5) is 17.3. The highest BCUT2D eigenvalue weighted by atomic mass is 16.5. The van der Waals surface area contributed by atoms with E-state index in [1.54, 1.807) is 13.3 Å². The van der Waals surface area contributed by atoms with Crippen LogP contribution in [-0.2, 0) is 11.3 Å². The fourth-order valence-electron chi connectivity index (χ4n) is 4.28. The highest BCUT2D eigenvalue weighted by molar-refractivity contribution is 5.96. The van der Waals surface area contributed by atoms with Crippen LogP contribution in [0.15, 0.2) is 85.1 Å². The summed E-state index contributed by atoms with van der Waals surface area (Å²) >= 11 is 0. The summed E-state index contributed by atoms with van der Waals surface area (Å²) < 4.78 is 5.38. The summed E-state index contributed by atoms with van der Waals surface area (Å²) in [5.74, 6) is 1.35. The number of fused-ring (bicyclic) bond motifs is 1. The third-order valence-electron chi connectivity index (χ3n) is 6.04. The minimum atomic E-state index is 0.0673. The van der Waals surface area contributed by atoms with Crippen molar-refractivity contribution in [1.29, 1.82) is 0 Å². The second-order valence-corrected chi connectivity index (χ2v) is 7.98. The molecule has 1 fully saturated rings. The zero-order valence-corrected chi connectivity index (χ0v) is 17.4.